The molecule has 3 aromatic carbocycles. The van der Waals surface area contributed by atoms with Crippen LogP contribution in [-0.4, -0.2) is 58.9 Å². The highest BCUT2D eigenvalue weighted by Gasteiger charge is 2.45. The summed E-state index contributed by atoms with van der Waals surface area (Å²) in [6.45, 7) is 0.468. The summed E-state index contributed by atoms with van der Waals surface area (Å²) < 4.78 is 5.60. The summed E-state index contributed by atoms with van der Waals surface area (Å²) in [5.74, 6) is -0.618. The fourth-order valence-corrected chi connectivity index (χ4v) is 4.97. The van der Waals surface area contributed by atoms with Gasteiger partial charge < -0.3 is 20.1 Å². The van der Waals surface area contributed by atoms with Crippen LogP contribution in [0.1, 0.15) is 28.8 Å². The second-order valence-corrected chi connectivity index (χ2v) is 8.86. The number of nitrogens with one attached hydrogen (secondary N) is 1. The third-order valence-corrected chi connectivity index (χ3v) is 6.64. The molecule has 2 N–H and O–H groups in total. The number of ether oxygens (including phenoxy) is 1. The first-order valence-corrected chi connectivity index (χ1v) is 11.5. The average molecular weight is 459 g/mol. The molecule has 5 rings (SSSR count). The molecule has 2 aliphatic rings. The molecule has 0 aliphatic carbocycles. The molecule has 3 aromatic rings. The standard InChI is InChI=1S/C27H26N2O5/c30-19-12-10-17(11-13-19)15-22(27(33)29-14-4-9-24-25(29)23(31)16-34-24)28-26(32)21-8-3-6-18-5-1-2-7-20(18)21/h1-3,5-8,10-13,22,24-25,30H,4,9,14-16H2,(H,28,32)/t22-,24?,25?/m0/s1. The predicted molar refractivity (Wildman–Crippen MR) is 126 cm³/mol. The van der Waals surface area contributed by atoms with Gasteiger partial charge in [-0.2, -0.15) is 0 Å². The Hall–Kier alpha value is -3.71. The van der Waals surface area contributed by atoms with Crippen molar-refractivity contribution in [3.8, 4) is 5.75 Å². The number of Topliss-reactive ketones (excluding diaryl/α,β-unsaturated/α-hetero) is 1. The molecule has 0 spiro atoms. The van der Waals surface area contributed by atoms with Gasteiger partial charge in [0.15, 0.2) is 5.78 Å². The number of hydrogen-bond acceptors (Lipinski definition) is 5. The van der Waals surface area contributed by atoms with Gasteiger partial charge in [0, 0.05) is 18.5 Å². The van der Waals surface area contributed by atoms with Gasteiger partial charge in [-0.1, -0.05) is 48.5 Å². The minimum atomic E-state index is -0.872. The van der Waals surface area contributed by atoms with E-state index in [0.29, 0.717) is 12.1 Å². The van der Waals surface area contributed by atoms with Crippen LogP contribution in [0.2, 0.25) is 0 Å². The molecule has 3 atom stereocenters. The summed E-state index contributed by atoms with van der Waals surface area (Å²) in [7, 11) is 0. The lowest BCUT2D eigenvalue weighted by Crippen LogP contribution is -2.58. The first-order chi connectivity index (χ1) is 16.5. The Bertz CT molecular complexity index is 1230. The number of carbonyl (C=O) groups is 3. The van der Waals surface area contributed by atoms with Gasteiger partial charge in [-0.3, -0.25) is 14.4 Å². The van der Waals surface area contributed by atoms with Crippen LogP contribution in [0, 0.1) is 0 Å². The molecule has 2 heterocycles. The number of likely N-dealkylation sites (tertiary alicyclic amines) is 1. The van der Waals surface area contributed by atoms with E-state index in [9.17, 15) is 19.5 Å². The lowest BCUT2D eigenvalue weighted by molar-refractivity contribution is -0.142. The van der Waals surface area contributed by atoms with Gasteiger partial charge in [-0.15, -0.1) is 0 Å². The first kappa shape index (κ1) is 22.1. The highest BCUT2D eigenvalue weighted by Crippen LogP contribution is 2.27. The third-order valence-electron chi connectivity index (χ3n) is 6.64. The minimum absolute atomic E-state index is 0.0180. The normalized spacial score (nSPS) is 20.7. The van der Waals surface area contributed by atoms with Crippen molar-refractivity contribution in [2.75, 3.05) is 13.2 Å². The van der Waals surface area contributed by atoms with E-state index in [1.54, 1.807) is 35.2 Å². The van der Waals surface area contributed by atoms with E-state index in [1.807, 2.05) is 36.4 Å². The SMILES string of the molecule is O=C(N[C@@H](Cc1ccc(O)cc1)C(=O)N1CCCC2OCC(=O)C21)c1cccc2ccccc12. The molecule has 2 saturated heterocycles. The van der Waals surface area contributed by atoms with E-state index in [-0.39, 0.29) is 42.5 Å². The number of aromatic hydroxyl groups is 1. The zero-order chi connectivity index (χ0) is 23.7. The summed E-state index contributed by atoms with van der Waals surface area (Å²) in [5, 5.41) is 14.3. The molecular weight excluding hydrogens is 432 g/mol. The first-order valence-electron chi connectivity index (χ1n) is 11.5. The van der Waals surface area contributed by atoms with Crippen LogP contribution in [-0.2, 0) is 20.7 Å². The maximum atomic E-state index is 13.7. The molecule has 7 heteroatoms. The zero-order valence-corrected chi connectivity index (χ0v) is 18.6. The molecular formula is C27H26N2O5. The van der Waals surface area contributed by atoms with E-state index in [4.69, 9.17) is 4.74 Å². The third kappa shape index (κ3) is 4.26. The predicted octanol–water partition coefficient (Wildman–Crippen LogP) is 2.85. The van der Waals surface area contributed by atoms with Crippen LogP contribution in [0.5, 0.6) is 5.75 Å². The monoisotopic (exact) mass is 458 g/mol. The molecule has 2 amide bonds. The summed E-state index contributed by atoms with van der Waals surface area (Å²) in [6.07, 6.45) is 1.43. The van der Waals surface area contributed by atoms with Gasteiger partial charge in [0.25, 0.3) is 5.91 Å². The second-order valence-electron chi connectivity index (χ2n) is 8.86. The van der Waals surface area contributed by atoms with Gasteiger partial charge in [0.05, 0.1) is 6.10 Å². The van der Waals surface area contributed by atoms with Crippen molar-refractivity contribution in [1.82, 2.24) is 10.2 Å². The number of amides is 2. The number of nitrogens with zero attached hydrogens (tertiary/aromatic N) is 1. The quantitative estimate of drug-likeness (QED) is 0.613. The molecule has 0 saturated carbocycles. The maximum absolute atomic E-state index is 13.7. The van der Waals surface area contributed by atoms with E-state index in [1.165, 1.54) is 0 Å². The number of phenols is 1. The molecule has 2 aliphatic heterocycles. The van der Waals surface area contributed by atoms with Crippen LogP contribution in [0.15, 0.2) is 66.7 Å². The van der Waals surface area contributed by atoms with Gasteiger partial charge in [-0.05, 0) is 47.4 Å². The Labute approximate surface area is 197 Å². The smallest absolute Gasteiger partial charge is 0.252 e. The number of benzene rings is 3. The Morgan fingerprint density at radius 2 is 1.82 bits per heavy atom. The maximum Gasteiger partial charge on any atom is 0.252 e. The molecule has 2 fully saturated rings. The lowest BCUT2D eigenvalue weighted by Gasteiger charge is -2.37. The Morgan fingerprint density at radius 1 is 1.06 bits per heavy atom. The summed E-state index contributed by atoms with van der Waals surface area (Å²) >= 11 is 0. The van der Waals surface area contributed by atoms with Crippen LogP contribution in [0.3, 0.4) is 0 Å². The van der Waals surface area contributed by atoms with E-state index < -0.39 is 12.1 Å². The van der Waals surface area contributed by atoms with Crippen LogP contribution in [0.25, 0.3) is 10.8 Å². The van der Waals surface area contributed by atoms with Gasteiger partial charge in [-0.25, -0.2) is 0 Å². The fraction of sp³-hybridized carbons (Fsp3) is 0.296. The summed E-state index contributed by atoms with van der Waals surface area (Å²) in [5.41, 5.74) is 1.27. The summed E-state index contributed by atoms with van der Waals surface area (Å²) in [6, 6.07) is 18.2. The van der Waals surface area contributed by atoms with Gasteiger partial charge >= 0.3 is 0 Å². The minimum Gasteiger partial charge on any atom is -0.508 e. The Morgan fingerprint density at radius 3 is 2.65 bits per heavy atom. The number of carbonyl (C=O) groups excluding carboxylic acids is 3. The topological polar surface area (TPSA) is 95.9 Å². The number of rotatable bonds is 5. The van der Waals surface area contributed by atoms with Crippen molar-refractivity contribution in [1.29, 1.82) is 0 Å². The fourth-order valence-electron chi connectivity index (χ4n) is 4.97. The van der Waals surface area contributed by atoms with Crippen LogP contribution < -0.4 is 5.32 Å². The lowest BCUT2D eigenvalue weighted by atomic mass is 9.95. The number of ketones is 1. The molecule has 0 aromatic heterocycles. The average Bonchev–Trinajstić information content (AvgIpc) is 3.25. The Kier molecular flexibility index (Phi) is 6.02. The second kappa shape index (κ2) is 9.27. The van der Waals surface area contributed by atoms with E-state index >= 15 is 0 Å². The molecule has 7 nitrogen and oxygen atoms in total. The van der Waals surface area contributed by atoms with Crippen molar-refractivity contribution >= 4 is 28.4 Å². The van der Waals surface area contributed by atoms with Crippen molar-refractivity contribution in [2.45, 2.75) is 37.5 Å². The van der Waals surface area contributed by atoms with Crippen molar-refractivity contribution in [2.24, 2.45) is 0 Å². The highest BCUT2D eigenvalue weighted by molar-refractivity contribution is 6.08. The van der Waals surface area contributed by atoms with Crippen molar-refractivity contribution < 1.29 is 24.2 Å². The summed E-state index contributed by atoms with van der Waals surface area (Å²) in [4.78, 5) is 41.2. The number of fused-ring (bicyclic) bond motifs is 2. The number of phenolic OH excluding ortho intramolecular Hbond substituents is 1. The van der Waals surface area contributed by atoms with Gasteiger partial charge in [0.2, 0.25) is 5.91 Å². The number of piperidine rings is 1. The molecule has 174 valence electrons. The highest BCUT2D eigenvalue weighted by atomic mass is 16.5. The molecule has 0 radical (unpaired) electrons. The Balaban J connectivity index is 1.45. The van der Waals surface area contributed by atoms with Crippen molar-refractivity contribution in [3.05, 3.63) is 77.9 Å². The van der Waals surface area contributed by atoms with E-state index in [2.05, 4.69) is 5.32 Å². The molecule has 2 unspecified atom stereocenters. The molecule has 0 bridgehead atoms. The largest absolute Gasteiger partial charge is 0.508 e. The zero-order valence-electron chi connectivity index (χ0n) is 18.6. The van der Waals surface area contributed by atoms with Gasteiger partial charge in [0.1, 0.15) is 24.4 Å². The number of hydrogen-bond donors (Lipinski definition) is 2. The molecule has 34 heavy (non-hydrogen) atoms. The van der Waals surface area contributed by atoms with Crippen LogP contribution >= 0.6 is 0 Å². The van der Waals surface area contributed by atoms with E-state index in [0.717, 1.165) is 29.2 Å². The van der Waals surface area contributed by atoms with Crippen LogP contribution in [0.4, 0.5) is 0 Å². The van der Waals surface area contributed by atoms with Crippen molar-refractivity contribution in [3.63, 3.8) is 0 Å².